The lowest BCUT2D eigenvalue weighted by Gasteiger charge is -2.32. The van der Waals surface area contributed by atoms with Crippen LogP contribution in [0, 0.1) is 0 Å². The molecule has 0 saturated carbocycles. The molecule has 1 aromatic carbocycles. The second-order valence-electron chi connectivity index (χ2n) is 6.00. The highest BCUT2D eigenvalue weighted by Crippen LogP contribution is 2.27. The minimum Gasteiger partial charge on any atom is -0.366 e. The molecule has 0 spiro atoms. The summed E-state index contributed by atoms with van der Waals surface area (Å²) in [4.78, 5) is 27.9. The van der Waals surface area contributed by atoms with Crippen molar-refractivity contribution in [2.45, 2.75) is 18.9 Å². The van der Waals surface area contributed by atoms with Crippen LogP contribution in [-0.4, -0.2) is 56.5 Å². The Morgan fingerprint density at radius 3 is 3.00 bits per heavy atom. The van der Waals surface area contributed by atoms with E-state index in [4.69, 9.17) is 4.74 Å². The first-order valence-electron chi connectivity index (χ1n) is 7.93. The van der Waals surface area contributed by atoms with E-state index in [1.165, 1.54) is 4.80 Å². The zero-order chi connectivity index (χ0) is 16.7. The van der Waals surface area contributed by atoms with Crippen LogP contribution in [0.3, 0.4) is 0 Å². The van der Waals surface area contributed by atoms with Gasteiger partial charge in [-0.3, -0.25) is 9.59 Å². The molecule has 1 aromatic heterocycles. The summed E-state index contributed by atoms with van der Waals surface area (Å²) in [7, 11) is 1.69. The molecule has 0 bridgehead atoms. The van der Waals surface area contributed by atoms with Crippen LogP contribution in [0.25, 0.3) is 0 Å². The highest BCUT2D eigenvalue weighted by Gasteiger charge is 2.31. The quantitative estimate of drug-likeness (QED) is 0.800. The van der Waals surface area contributed by atoms with Gasteiger partial charge >= 0.3 is 0 Å². The fourth-order valence-electron chi connectivity index (χ4n) is 3.28. The highest BCUT2D eigenvalue weighted by molar-refractivity contribution is 6.05. The minimum absolute atomic E-state index is 0.0706. The second-order valence-corrected chi connectivity index (χ2v) is 6.00. The number of tetrazole rings is 1. The van der Waals surface area contributed by atoms with E-state index in [1.54, 1.807) is 30.1 Å². The summed E-state index contributed by atoms with van der Waals surface area (Å²) >= 11 is 0. The van der Waals surface area contributed by atoms with Gasteiger partial charge in [-0.25, -0.2) is 0 Å². The normalized spacial score (nSPS) is 20.3. The molecular weight excluding hydrogens is 310 g/mol. The zero-order valence-electron chi connectivity index (χ0n) is 13.3. The van der Waals surface area contributed by atoms with Crippen molar-refractivity contribution in [2.24, 2.45) is 7.05 Å². The molecule has 8 heteroatoms. The van der Waals surface area contributed by atoms with Crippen LogP contribution >= 0.6 is 0 Å². The van der Waals surface area contributed by atoms with Gasteiger partial charge in [0.2, 0.25) is 5.82 Å². The van der Waals surface area contributed by atoms with Gasteiger partial charge in [0.15, 0.2) is 5.78 Å². The maximum Gasteiger partial charge on any atom is 0.254 e. The van der Waals surface area contributed by atoms with Crippen molar-refractivity contribution < 1.29 is 14.3 Å². The monoisotopic (exact) mass is 327 g/mol. The first-order chi connectivity index (χ1) is 11.6. The Morgan fingerprint density at radius 2 is 2.21 bits per heavy atom. The Morgan fingerprint density at radius 1 is 1.33 bits per heavy atom. The Hall–Kier alpha value is -2.61. The summed E-state index contributed by atoms with van der Waals surface area (Å²) in [6.45, 7) is 1.30. The molecule has 1 aliphatic carbocycles. The third-order valence-electron chi connectivity index (χ3n) is 4.47. The molecular formula is C16H17N5O3. The Labute approximate surface area is 138 Å². The summed E-state index contributed by atoms with van der Waals surface area (Å²) in [5, 5.41) is 11.9. The summed E-state index contributed by atoms with van der Waals surface area (Å²) < 4.78 is 5.68. The predicted molar refractivity (Wildman–Crippen MR) is 82.5 cm³/mol. The standard InChI is InChI=1S/C16H17N5O3/c1-20-18-15(17-19-20)14-9-21(7-8-24-14)16(23)12-4-2-3-11-10(12)5-6-13(11)22/h2-4,14H,5-9H2,1H3. The number of carbonyl (C=O) groups excluding carboxylic acids is 2. The first-order valence-corrected chi connectivity index (χ1v) is 7.93. The van der Waals surface area contributed by atoms with Gasteiger partial charge in [0.25, 0.3) is 5.91 Å². The molecule has 1 saturated heterocycles. The van der Waals surface area contributed by atoms with Gasteiger partial charge in [-0.1, -0.05) is 12.1 Å². The number of ketones is 1. The summed E-state index contributed by atoms with van der Waals surface area (Å²) in [6, 6.07) is 5.37. The van der Waals surface area contributed by atoms with E-state index in [9.17, 15) is 9.59 Å². The SMILES string of the molecule is Cn1nnc(C2CN(C(=O)c3cccc4c3CCC4=O)CCO2)n1. The maximum atomic E-state index is 12.9. The number of aryl methyl sites for hydroxylation is 1. The second kappa shape index (κ2) is 5.79. The van der Waals surface area contributed by atoms with Crippen molar-refractivity contribution in [3.8, 4) is 0 Å². The van der Waals surface area contributed by atoms with Crippen LogP contribution in [0.4, 0.5) is 0 Å². The number of carbonyl (C=O) groups is 2. The summed E-state index contributed by atoms with van der Waals surface area (Å²) in [5.74, 6) is 0.519. The van der Waals surface area contributed by atoms with Crippen LogP contribution in [0.1, 0.15) is 44.6 Å². The molecule has 24 heavy (non-hydrogen) atoms. The molecule has 1 amide bonds. The molecule has 2 aromatic rings. The lowest BCUT2D eigenvalue weighted by Crippen LogP contribution is -2.42. The number of rotatable bonds is 2. The highest BCUT2D eigenvalue weighted by atomic mass is 16.5. The van der Waals surface area contributed by atoms with Gasteiger partial charge in [0.05, 0.1) is 20.2 Å². The van der Waals surface area contributed by atoms with Crippen LogP contribution in [0.2, 0.25) is 0 Å². The van der Waals surface area contributed by atoms with Gasteiger partial charge in [0.1, 0.15) is 6.10 Å². The number of amides is 1. The number of nitrogens with zero attached hydrogens (tertiary/aromatic N) is 5. The Bertz CT molecular complexity index is 816. The van der Waals surface area contributed by atoms with Crippen LogP contribution < -0.4 is 0 Å². The van der Waals surface area contributed by atoms with E-state index in [0.717, 1.165) is 5.56 Å². The molecule has 4 rings (SSSR count). The fourth-order valence-corrected chi connectivity index (χ4v) is 3.28. The largest absolute Gasteiger partial charge is 0.366 e. The lowest BCUT2D eigenvalue weighted by molar-refractivity contribution is -0.0269. The number of fused-ring (bicyclic) bond motifs is 1. The number of ether oxygens (including phenoxy) is 1. The average Bonchev–Trinajstić information content (AvgIpc) is 3.21. The first kappa shape index (κ1) is 14.9. The number of Topliss-reactive ketones (excluding diaryl/α,β-unsaturated/α-hetero) is 1. The van der Waals surface area contributed by atoms with E-state index in [-0.39, 0.29) is 17.8 Å². The van der Waals surface area contributed by atoms with Gasteiger partial charge < -0.3 is 9.64 Å². The molecule has 2 aliphatic rings. The smallest absolute Gasteiger partial charge is 0.254 e. The van der Waals surface area contributed by atoms with Gasteiger partial charge in [-0.05, 0) is 23.3 Å². The predicted octanol–water partition coefficient (Wildman–Crippen LogP) is 0.553. The summed E-state index contributed by atoms with van der Waals surface area (Å²) in [5.41, 5.74) is 2.17. The molecule has 1 atom stereocenters. The van der Waals surface area contributed by atoms with E-state index < -0.39 is 0 Å². The molecule has 0 radical (unpaired) electrons. The fraction of sp³-hybridized carbons (Fsp3) is 0.438. The van der Waals surface area contributed by atoms with Crippen LogP contribution in [0.5, 0.6) is 0 Å². The number of morpholine rings is 1. The lowest BCUT2D eigenvalue weighted by atomic mass is 10.0. The van der Waals surface area contributed by atoms with E-state index in [2.05, 4.69) is 15.4 Å². The van der Waals surface area contributed by atoms with Gasteiger partial charge in [0, 0.05) is 24.1 Å². The van der Waals surface area contributed by atoms with Crippen molar-refractivity contribution in [1.29, 1.82) is 0 Å². The van der Waals surface area contributed by atoms with Gasteiger partial charge in [-0.2, -0.15) is 4.80 Å². The molecule has 1 unspecified atom stereocenters. The number of hydrogen-bond donors (Lipinski definition) is 0. The topological polar surface area (TPSA) is 90.2 Å². The van der Waals surface area contributed by atoms with Crippen LogP contribution in [-0.2, 0) is 18.2 Å². The van der Waals surface area contributed by atoms with Crippen molar-refractivity contribution >= 4 is 11.7 Å². The maximum absolute atomic E-state index is 12.9. The van der Waals surface area contributed by atoms with Gasteiger partial charge in [-0.15, -0.1) is 10.2 Å². The van der Waals surface area contributed by atoms with Crippen molar-refractivity contribution in [3.05, 3.63) is 40.7 Å². The van der Waals surface area contributed by atoms with Crippen LogP contribution in [0.15, 0.2) is 18.2 Å². The molecule has 8 nitrogen and oxygen atoms in total. The number of benzene rings is 1. The Kier molecular flexibility index (Phi) is 3.61. The number of hydrogen-bond acceptors (Lipinski definition) is 6. The molecule has 1 fully saturated rings. The van der Waals surface area contributed by atoms with Crippen molar-refractivity contribution in [1.82, 2.24) is 25.1 Å². The molecule has 1 aliphatic heterocycles. The van der Waals surface area contributed by atoms with E-state index >= 15 is 0 Å². The average molecular weight is 327 g/mol. The summed E-state index contributed by atoms with van der Waals surface area (Å²) in [6.07, 6.45) is 0.736. The molecule has 124 valence electrons. The third-order valence-corrected chi connectivity index (χ3v) is 4.47. The third kappa shape index (κ3) is 2.48. The van der Waals surface area contributed by atoms with E-state index in [1.807, 2.05) is 0 Å². The molecule has 0 N–H and O–H groups in total. The van der Waals surface area contributed by atoms with Crippen molar-refractivity contribution in [3.63, 3.8) is 0 Å². The number of aromatic nitrogens is 4. The van der Waals surface area contributed by atoms with Crippen molar-refractivity contribution in [2.75, 3.05) is 19.7 Å². The minimum atomic E-state index is -0.380. The molecule has 2 heterocycles. The Balaban J connectivity index is 1.58. The van der Waals surface area contributed by atoms with E-state index in [0.29, 0.717) is 49.5 Å². The zero-order valence-corrected chi connectivity index (χ0v) is 13.3.